The van der Waals surface area contributed by atoms with Crippen molar-refractivity contribution in [1.82, 2.24) is 0 Å². The van der Waals surface area contributed by atoms with Gasteiger partial charge in [-0.1, -0.05) is 63.9 Å². The highest BCUT2D eigenvalue weighted by molar-refractivity contribution is 9.10. The van der Waals surface area contributed by atoms with Crippen molar-refractivity contribution in [2.45, 2.75) is 11.8 Å². The van der Waals surface area contributed by atoms with E-state index in [1.165, 1.54) is 0 Å². The summed E-state index contributed by atoms with van der Waals surface area (Å²) < 4.78 is 13.5. The number of rotatable bonds is 4. The second-order valence-corrected chi connectivity index (χ2v) is 8.39. The summed E-state index contributed by atoms with van der Waals surface area (Å²) in [5, 5.41) is 0.665. The quantitative estimate of drug-likeness (QED) is 0.439. The third-order valence-electron chi connectivity index (χ3n) is 3.81. The Morgan fingerprint density at radius 2 is 1.67 bits per heavy atom. The van der Waals surface area contributed by atoms with Crippen molar-refractivity contribution in [3.8, 4) is 22.3 Å². The zero-order valence-corrected chi connectivity index (χ0v) is 16.3. The molecule has 3 aromatic carbocycles. The van der Waals surface area contributed by atoms with E-state index in [0.29, 0.717) is 10.8 Å². The topological polar surface area (TPSA) is 23.1 Å². The Balaban J connectivity index is 2.27. The molecule has 0 spiro atoms. The summed E-state index contributed by atoms with van der Waals surface area (Å²) in [5.41, 5.74) is 4.13. The summed E-state index contributed by atoms with van der Waals surface area (Å²) in [6.45, 7) is 1.93. The van der Waals surface area contributed by atoms with Crippen LogP contribution in [0.15, 0.2) is 76.1 Å². The van der Waals surface area contributed by atoms with E-state index >= 15 is 0 Å². The minimum atomic E-state index is -1.05. The highest BCUT2D eigenvalue weighted by Gasteiger charge is 2.19. The zero-order valence-electron chi connectivity index (χ0n) is 13.1. The molecule has 0 N–H and O–H groups in total. The number of benzene rings is 3. The normalized spacial score (nSPS) is 12.2. The van der Waals surface area contributed by atoms with Crippen LogP contribution in [0.2, 0.25) is 5.02 Å². The van der Waals surface area contributed by atoms with E-state index < -0.39 is 11.2 Å². The van der Waals surface area contributed by atoms with Crippen LogP contribution in [0.1, 0.15) is 6.92 Å². The maximum absolute atomic E-state index is 12.5. The fourth-order valence-electron chi connectivity index (χ4n) is 2.68. The van der Waals surface area contributed by atoms with Gasteiger partial charge in [0.15, 0.2) is 4.90 Å². The van der Waals surface area contributed by atoms with Crippen LogP contribution in [0.5, 0.6) is 0 Å². The van der Waals surface area contributed by atoms with Gasteiger partial charge in [0.25, 0.3) is 0 Å². The molecule has 0 radical (unpaired) electrons. The molecule has 0 aliphatic rings. The molecule has 4 heteroatoms. The summed E-state index contributed by atoms with van der Waals surface area (Å²) in [6.07, 6.45) is 0. The third-order valence-corrected chi connectivity index (χ3v) is 5.90. The van der Waals surface area contributed by atoms with E-state index in [-0.39, 0.29) is 0 Å². The van der Waals surface area contributed by atoms with Crippen LogP contribution in [-0.4, -0.2) is 10.3 Å². The molecule has 1 nitrogen and oxygen atoms in total. The summed E-state index contributed by atoms with van der Waals surface area (Å²) in [6, 6.07) is 21.9. The SMILES string of the molecule is CC[S+]([O-])c1ccc(Br)cc1-c1cc(Cl)ccc1-c1ccccc1. The van der Waals surface area contributed by atoms with Gasteiger partial charge in [0.2, 0.25) is 0 Å². The molecule has 0 bridgehead atoms. The molecule has 1 unspecified atom stereocenters. The van der Waals surface area contributed by atoms with Crippen molar-refractivity contribution in [3.63, 3.8) is 0 Å². The maximum atomic E-state index is 12.5. The zero-order chi connectivity index (χ0) is 17.1. The summed E-state index contributed by atoms with van der Waals surface area (Å²) in [4.78, 5) is 0.833. The van der Waals surface area contributed by atoms with Crippen LogP contribution in [-0.2, 0) is 11.2 Å². The molecule has 0 aliphatic heterocycles. The maximum Gasteiger partial charge on any atom is 0.160 e. The lowest BCUT2D eigenvalue weighted by atomic mass is 9.94. The largest absolute Gasteiger partial charge is 0.611 e. The Kier molecular flexibility index (Phi) is 5.67. The molecule has 3 rings (SSSR count). The predicted octanol–water partition coefficient (Wildman–Crippen LogP) is 6.56. The van der Waals surface area contributed by atoms with Gasteiger partial charge in [-0.25, -0.2) is 0 Å². The van der Waals surface area contributed by atoms with E-state index in [9.17, 15) is 4.55 Å². The first-order valence-corrected chi connectivity index (χ1v) is 10.1. The van der Waals surface area contributed by atoms with Crippen LogP contribution >= 0.6 is 27.5 Å². The molecule has 0 saturated carbocycles. The molecule has 122 valence electrons. The van der Waals surface area contributed by atoms with Crippen molar-refractivity contribution in [1.29, 1.82) is 0 Å². The van der Waals surface area contributed by atoms with Crippen molar-refractivity contribution >= 4 is 38.7 Å². The van der Waals surface area contributed by atoms with Crippen LogP contribution < -0.4 is 0 Å². The monoisotopic (exact) mass is 418 g/mol. The molecule has 3 aromatic rings. The lowest BCUT2D eigenvalue weighted by molar-refractivity contribution is 0.596. The Bertz CT molecular complexity index is 852. The molecule has 0 heterocycles. The van der Waals surface area contributed by atoms with E-state index in [1.807, 2.05) is 61.5 Å². The number of hydrogen-bond acceptors (Lipinski definition) is 1. The summed E-state index contributed by atoms with van der Waals surface area (Å²) in [5.74, 6) is 0.579. The first-order valence-electron chi connectivity index (χ1n) is 7.63. The second kappa shape index (κ2) is 7.75. The smallest absolute Gasteiger partial charge is 0.160 e. The fourth-order valence-corrected chi connectivity index (χ4v) is 4.15. The minimum absolute atomic E-state index is 0.579. The van der Waals surface area contributed by atoms with Gasteiger partial charge in [0.05, 0.1) is 0 Å². The molecule has 0 aromatic heterocycles. The van der Waals surface area contributed by atoms with Gasteiger partial charge in [-0.3, -0.25) is 0 Å². The van der Waals surface area contributed by atoms with Gasteiger partial charge >= 0.3 is 0 Å². The van der Waals surface area contributed by atoms with Gasteiger partial charge in [-0.2, -0.15) is 0 Å². The van der Waals surface area contributed by atoms with Crippen LogP contribution in [0.3, 0.4) is 0 Å². The highest BCUT2D eigenvalue weighted by Crippen LogP contribution is 2.38. The molecule has 0 fully saturated rings. The van der Waals surface area contributed by atoms with Gasteiger partial charge < -0.3 is 4.55 Å². The van der Waals surface area contributed by atoms with Crippen LogP contribution in [0, 0.1) is 0 Å². The molecule has 24 heavy (non-hydrogen) atoms. The first-order chi connectivity index (χ1) is 11.6. The predicted molar refractivity (Wildman–Crippen MR) is 107 cm³/mol. The standard InChI is InChI=1S/C20H16BrClOS/c1-2-24(23)20-11-8-15(21)12-19(20)18-13-16(22)9-10-17(18)14-6-4-3-5-7-14/h3-13H,2H2,1H3. The molecular formula is C20H16BrClOS. The third kappa shape index (κ3) is 3.70. The lowest BCUT2D eigenvalue weighted by Gasteiger charge is -2.16. The second-order valence-electron chi connectivity index (χ2n) is 5.33. The number of hydrogen-bond donors (Lipinski definition) is 0. The van der Waals surface area contributed by atoms with Gasteiger partial charge in [0, 0.05) is 15.1 Å². The molecular weight excluding hydrogens is 404 g/mol. The van der Waals surface area contributed by atoms with Gasteiger partial charge in [0.1, 0.15) is 5.75 Å². The van der Waals surface area contributed by atoms with E-state index in [1.54, 1.807) is 0 Å². The summed E-state index contributed by atoms with van der Waals surface area (Å²) in [7, 11) is 0. The first kappa shape index (κ1) is 17.6. The highest BCUT2D eigenvalue weighted by atomic mass is 79.9. The van der Waals surface area contributed by atoms with E-state index in [4.69, 9.17) is 11.6 Å². The minimum Gasteiger partial charge on any atom is -0.611 e. The van der Waals surface area contributed by atoms with Crippen molar-refractivity contribution in [2.75, 3.05) is 5.75 Å². The van der Waals surface area contributed by atoms with E-state index in [2.05, 4.69) is 28.1 Å². The number of halogens is 2. The molecule has 0 aliphatic carbocycles. The molecule has 0 amide bonds. The average molecular weight is 420 g/mol. The molecule has 0 saturated heterocycles. The average Bonchev–Trinajstić information content (AvgIpc) is 2.61. The van der Waals surface area contributed by atoms with Gasteiger partial charge in [-0.05, 0) is 65.1 Å². The fraction of sp³-hybridized carbons (Fsp3) is 0.100. The van der Waals surface area contributed by atoms with E-state index in [0.717, 1.165) is 31.6 Å². The lowest BCUT2D eigenvalue weighted by Crippen LogP contribution is -2.06. The summed E-state index contributed by atoms with van der Waals surface area (Å²) >= 11 is 8.76. The molecule has 1 atom stereocenters. The Morgan fingerprint density at radius 1 is 0.917 bits per heavy atom. The van der Waals surface area contributed by atoms with Crippen LogP contribution in [0.25, 0.3) is 22.3 Å². The Hall–Kier alpha value is -1.26. The van der Waals surface area contributed by atoms with Crippen molar-refractivity contribution in [2.24, 2.45) is 0 Å². The Labute approximate surface area is 159 Å². The van der Waals surface area contributed by atoms with Crippen LogP contribution in [0.4, 0.5) is 0 Å². The van der Waals surface area contributed by atoms with Gasteiger partial charge in [-0.15, -0.1) is 0 Å². The van der Waals surface area contributed by atoms with Crippen molar-refractivity contribution in [3.05, 3.63) is 76.2 Å². The van der Waals surface area contributed by atoms with Crippen molar-refractivity contribution < 1.29 is 4.55 Å². The Morgan fingerprint density at radius 3 is 2.38 bits per heavy atom.